The van der Waals surface area contributed by atoms with Crippen molar-refractivity contribution < 1.29 is 4.74 Å². The second-order valence-electron chi connectivity index (χ2n) is 4.28. The molecule has 1 rings (SSSR count). The monoisotopic (exact) mass is 289 g/mol. The minimum absolute atomic E-state index is 0.146. The summed E-state index contributed by atoms with van der Waals surface area (Å²) in [5, 5.41) is 4.78. The number of hydrogen-bond acceptors (Lipinski definition) is 2. The normalized spacial score (nSPS) is 12.7. The Kier molecular flexibility index (Phi) is 7.68. The number of benzene rings is 1. The summed E-state index contributed by atoms with van der Waals surface area (Å²) >= 11 is 12.1. The van der Waals surface area contributed by atoms with Crippen LogP contribution in [0, 0.1) is 0 Å². The van der Waals surface area contributed by atoms with Crippen LogP contribution in [0.25, 0.3) is 0 Å². The maximum absolute atomic E-state index is 6.04. The molecule has 1 unspecified atom stereocenters. The second kappa shape index (κ2) is 8.76. The van der Waals surface area contributed by atoms with Crippen LogP contribution in [0.2, 0.25) is 10.0 Å². The Morgan fingerprint density at radius 1 is 1.11 bits per heavy atom. The molecule has 0 saturated carbocycles. The van der Waals surface area contributed by atoms with Crippen molar-refractivity contribution in [2.24, 2.45) is 0 Å². The summed E-state index contributed by atoms with van der Waals surface area (Å²) in [6.07, 6.45) is 2.11. The number of nitrogens with one attached hydrogen (secondary N) is 1. The Bertz CT molecular complexity index is 337. The van der Waals surface area contributed by atoms with E-state index < -0.39 is 0 Å². The van der Waals surface area contributed by atoms with E-state index in [9.17, 15) is 0 Å². The van der Waals surface area contributed by atoms with Gasteiger partial charge < -0.3 is 10.1 Å². The number of halogens is 2. The lowest BCUT2D eigenvalue weighted by atomic mass is 10.1. The van der Waals surface area contributed by atoms with Crippen LogP contribution >= 0.6 is 23.2 Å². The lowest BCUT2D eigenvalue weighted by Crippen LogP contribution is -2.26. The van der Waals surface area contributed by atoms with E-state index in [2.05, 4.69) is 19.2 Å². The van der Waals surface area contributed by atoms with Gasteiger partial charge in [-0.2, -0.15) is 0 Å². The molecule has 0 radical (unpaired) electrons. The molecular formula is C14H21Cl2NO. The predicted octanol–water partition coefficient (Wildman–Crippen LogP) is 4.46. The summed E-state index contributed by atoms with van der Waals surface area (Å²) in [6.45, 7) is 6.61. The fourth-order valence-electron chi connectivity index (χ4n) is 1.71. The van der Waals surface area contributed by atoms with E-state index in [-0.39, 0.29) is 6.04 Å². The summed E-state index contributed by atoms with van der Waals surface area (Å²) in [5.41, 5.74) is 1.08. The van der Waals surface area contributed by atoms with Crippen molar-refractivity contribution in [2.75, 3.05) is 19.8 Å². The highest BCUT2D eigenvalue weighted by Gasteiger charge is 2.12. The zero-order valence-electron chi connectivity index (χ0n) is 11.0. The average molecular weight is 290 g/mol. The molecule has 0 amide bonds. The highest BCUT2D eigenvalue weighted by Crippen LogP contribution is 2.24. The van der Waals surface area contributed by atoms with Crippen molar-refractivity contribution >= 4 is 23.2 Å². The lowest BCUT2D eigenvalue weighted by molar-refractivity contribution is 0.112. The van der Waals surface area contributed by atoms with E-state index in [1.807, 2.05) is 12.1 Å². The van der Waals surface area contributed by atoms with Crippen molar-refractivity contribution in [2.45, 2.75) is 32.7 Å². The maximum atomic E-state index is 6.04. The molecule has 0 bridgehead atoms. The van der Waals surface area contributed by atoms with Crippen LogP contribution in [0.15, 0.2) is 18.2 Å². The van der Waals surface area contributed by atoms with Gasteiger partial charge in [0.05, 0.1) is 12.6 Å². The minimum Gasteiger partial charge on any atom is -0.379 e. The van der Waals surface area contributed by atoms with Crippen molar-refractivity contribution in [3.8, 4) is 0 Å². The third-order valence-electron chi connectivity index (χ3n) is 2.56. The van der Waals surface area contributed by atoms with E-state index in [1.165, 1.54) is 0 Å². The molecule has 4 heteroatoms. The van der Waals surface area contributed by atoms with Crippen LogP contribution in [0.4, 0.5) is 0 Å². The lowest BCUT2D eigenvalue weighted by Gasteiger charge is -2.19. The van der Waals surface area contributed by atoms with Gasteiger partial charge in [-0.25, -0.2) is 0 Å². The van der Waals surface area contributed by atoms with Crippen LogP contribution in [0.3, 0.4) is 0 Å². The largest absolute Gasteiger partial charge is 0.379 e. The first kappa shape index (κ1) is 15.8. The highest BCUT2D eigenvalue weighted by atomic mass is 35.5. The fourth-order valence-corrected chi connectivity index (χ4v) is 2.26. The number of hydrogen-bond donors (Lipinski definition) is 1. The molecule has 1 aromatic carbocycles. The van der Waals surface area contributed by atoms with Crippen molar-refractivity contribution in [3.05, 3.63) is 33.8 Å². The van der Waals surface area contributed by atoms with Gasteiger partial charge >= 0.3 is 0 Å². The molecule has 2 nitrogen and oxygen atoms in total. The molecule has 1 atom stereocenters. The molecule has 1 N–H and O–H groups in total. The molecule has 0 aromatic heterocycles. The Hall–Kier alpha value is -0.280. The van der Waals surface area contributed by atoms with Crippen LogP contribution in [0.1, 0.15) is 38.3 Å². The smallest absolute Gasteiger partial charge is 0.0661 e. The maximum Gasteiger partial charge on any atom is 0.0661 e. The van der Waals surface area contributed by atoms with Gasteiger partial charge in [0.2, 0.25) is 0 Å². The topological polar surface area (TPSA) is 21.3 Å². The van der Waals surface area contributed by atoms with Gasteiger partial charge in [0.15, 0.2) is 0 Å². The average Bonchev–Trinajstić information content (AvgIpc) is 2.32. The van der Waals surface area contributed by atoms with Gasteiger partial charge in [0.25, 0.3) is 0 Å². The Morgan fingerprint density at radius 3 is 2.33 bits per heavy atom. The molecule has 0 saturated heterocycles. The van der Waals surface area contributed by atoms with Gasteiger partial charge in [-0.15, -0.1) is 0 Å². The van der Waals surface area contributed by atoms with Crippen LogP contribution in [0.5, 0.6) is 0 Å². The summed E-state index contributed by atoms with van der Waals surface area (Å²) in [7, 11) is 0. The van der Waals surface area contributed by atoms with Gasteiger partial charge in [-0.1, -0.05) is 37.0 Å². The van der Waals surface area contributed by atoms with Gasteiger partial charge in [-0.05, 0) is 43.1 Å². The molecular weight excluding hydrogens is 269 g/mol. The molecule has 0 aliphatic carbocycles. The summed E-state index contributed by atoms with van der Waals surface area (Å²) < 4.78 is 5.63. The Balaban J connectivity index is 2.72. The SMILES string of the molecule is CCCNC(COCCC)c1cc(Cl)cc(Cl)c1. The summed E-state index contributed by atoms with van der Waals surface area (Å²) in [6, 6.07) is 5.77. The number of rotatable bonds is 8. The van der Waals surface area contributed by atoms with E-state index >= 15 is 0 Å². The van der Waals surface area contributed by atoms with E-state index in [0.717, 1.165) is 31.6 Å². The van der Waals surface area contributed by atoms with Crippen LogP contribution in [-0.2, 0) is 4.74 Å². The standard InChI is InChI=1S/C14H21Cl2NO/c1-3-5-17-14(10-18-6-4-2)11-7-12(15)9-13(16)8-11/h7-9,14,17H,3-6,10H2,1-2H3. The number of ether oxygens (including phenoxy) is 1. The molecule has 0 aliphatic heterocycles. The van der Waals surface area contributed by atoms with E-state index in [4.69, 9.17) is 27.9 Å². The van der Waals surface area contributed by atoms with Crippen LogP contribution < -0.4 is 5.32 Å². The molecule has 0 spiro atoms. The second-order valence-corrected chi connectivity index (χ2v) is 5.16. The molecule has 0 aliphatic rings. The van der Waals surface area contributed by atoms with Crippen molar-refractivity contribution in [3.63, 3.8) is 0 Å². The Morgan fingerprint density at radius 2 is 1.78 bits per heavy atom. The van der Waals surface area contributed by atoms with Crippen molar-refractivity contribution in [1.82, 2.24) is 5.32 Å². The van der Waals surface area contributed by atoms with Crippen LogP contribution in [-0.4, -0.2) is 19.8 Å². The fraction of sp³-hybridized carbons (Fsp3) is 0.571. The molecule has 18 heavy (non-hydrogen) atoms. The van der Waals surface area contributed by atoms with E-state index in [0.29, 0.717) is 16.7 Å². The predicted molar refractivity (Wildman–Crippen MR) is 78.6 cm³/mol. The first-order valence-corrected chi connectivity index (χ1v) is 7.20. The molecule has 1 aromatic rings. The zero-order chi connectivity index (χ0) is 13.4. The third-order valence-corrected chi connectivity index (χ3v) is 3.00. The van der Waals surface area contributed by atoms with E-state index in [1.54, 1.807) is 6.07 Å². The first-order valence-electron chi connectivity index (χ1n) is 6.44. The quantitative estimate of drug-likeness (QED) is 0.714. The molecule has 0 fully saturated rings. The molecule has 0 heterocycles. The Labute approximate surface area is 120 Å². The minimum atomic E-state index is 0.146. The summed E-state index contributed by atoms with van der Waals surface area (Å²) in [4.78, 5) is 0. The van der Waals surface area contributed by atoms with Gasteiger partial charge in [0, 0.05) is 16.7 Å². The van der Waals surface area contributed by atoms with Gasteiger partial charge in [-0.3, -0.25) is 0 Å². The van der Waals surface area contributed by atoms with Crippen molar-refractivity contribution in [1.29, 1.82) is 0 Å². The summed E-state index contributed by atoms with van der Waals surface area (Å²) in [5.74, 6) is 0. The zero-order valence-corrected chi connectivity index (χ0v) is 12.5. The van der Waals surface area contributed by atoms with Gasteiger partial charge in [0.1, 0.15) is 0 Å². The highest BCUT2D eigenvalue weighted by molar-refractivity contribution is 6.34. The first-order chi connectivity index (χ1) is 8.67. The molecule has 102 valence electrons. The third kappa shape index (κ3) is 5.57.